The van der Waals surface area contributed by atoms with Gasteiger partial charge in [-0.3, -0.25) is 5.14 Å². The van der Waals surface area contributed by atoms with Crippen molar-refractivity contribution in [2.24, 2.45) is 5.14 Å². The van der Waals surface area contributed by atoms with Crippen molar-refractivity contribution in [3.8, 4) is 5.75 Å². The Bertz CT molecular complexity index is 273. The largest absolute Gasteiger partial charge is 0.418 e. The molecule has 5 heteroatoms. The smallest absolute Gasteiger partial charge is 0.387 e. The maximum Gasteiger partial charge on any atom is 0.387 e. The van der Waals surface area contributed by atoms with Gasteiger partial charge in [0.25, 0.3) is 0 Å². The van der Waals surface area contributed by atoms with Gasteiger partial charge in [0.05, 0.1) is 0 Å². The third-order valence-electron chi connectivity index (χ3n) is 1.18. The van der Waals surface area contributed by atoms with Crippen molar-refractivity contribution >= 4 is 22.9 Å². The second-order valence-electron chi connectivity index (χ2n) is 2.04. The summed E-state index contributed by atoms with van der Waals surface area (Å²) in [6, 6.07) is 6.49. The van der Waals surface area contributed by atoms with Gasteiger partial charge in [-0.05, 0) is 24.3 Å². The van der Waals surface area contributed by atoms with Crippen molar-refractivity contribution in [2.45, 2.75) is 0 Å². The molecule has 64 valence electrons. The lowest BCUT2D eigenvalue weighted by Crippen LogP contribution is -2.03. The van der Waals surface area contributed by atoms with Gasteiger partial charge in [0, 0.05) is 17.6 Å². The molecule has 12 heavy (non-hydrogen) atoms. The number of anilines is 1. The molecule has 1 rings (SSSR count). The molecule has 0 atom stereocenters. The fourth-order valence-electron chi connectivity index (χ4n) is 0.656. The Hall–Kier alpha value is -1.20. The summed E-state index contributed by atoms with van der Waals surface area (Å²) in [5.74, 6) is 0.437. The monoisotopic (exact) mass is 184 g/mol. The third-order valence-corrected chi connectivity index (χ3v) is 1.45. The van der Waals surface area contributed by atoms with Crippen molar-refractivity contribution < 1.29 is 9.53 Å². The Kier molecular flexibility index (Phi) is 2.95. The normalized spacial score (nSPS) is 9.42. The zero-order valence-electron chi connectivity index (χ0n) is 6.19. The summed E-state index contributed by atoms with van der Waals surface area (Å²) < 4.78 is 4.76. The molecular formula is C7H8N2O2S. The van der Waals surface area contributed by atoms with E-state index in [0.717, 1.165) is 0 Å². The molecule has 0 heterocycles. The highest BCUT2D eigenvalue weighted by Gasteiger charge is 2.01. The van der Waals surface area contributed by atoms with Gasteiger partial charge in [0.2, 0.25) is 0 Å². The number of benzene rings is 1. The molecule has 0 unspecified atom stereocenters. The molecular weight excluding hydrogens is 176 g/mol. The van der Waals surface area contributed by atoms with E-state index in [9.17, 15) is 4.79 Å². The summed E-state index contributed by atoms with van der Waals surface area (Å²) in [6.45, 7) is 0. The van der Waals surface area contributed by atoms with Crippen LogP contribution in [0.1, 0.15) is 0 Å². The average Bonchev–Trinajstić information content (AvgIpc) is 2.09. The van der Waals surface area contributed by atoms with E-state index in [1.807, 2.05) is 0 Å². The Morgan fingerprint density at radius 1 is 1.33 bits per heavy atom. The Labute approximate surface area is 74.0 Å². The molecule has 4 N–H and O–H groups in total. The van der Waals surface area contributed by atoms with Crippen LogP contribution in [0.2, 0.25) is 0 Å². The second kappa shape index (κ2) is 3.99. The van der Waals surface area contributed by atoms with Gasteiger partial charge in [0.15, 0.2) is 0 Å². The zero-order chi connectivity index (χ0) is 8.97. The molecule has 0 amide bonds. The van der Waals surface area contributed by atoms with Gasteiger partial charge in [-0.2, -0.15) is 0 Å². The molecule has 4 nitrogen and oxygen atoms in total. The fourth-order valence-corrected chi connectivity index (χ4v) is 0.800. The van der Waals surface area contributed by atoms with Gasteiger partial charge in [-0.15, -0.1) is 0 Å². The lowest BCUT2D eigenvalue weighted by atomic mass is 10.3. The fraction of sp³-hybridized carbons (Fsp3) is 0. The molecule has 0 aromatic heterocycles. The predicted molar refractivity (Wildman–Crippen MR) is 48.7 cm³/mol. The number of nitrogen functional groups attached to an aromatic ring is 1. The minimum absolute atomic E-state index is 0.437. The minimum Gasteiger partial charge on any atom is -0.418 e. The Balaban J connectivity index is 2.64. The summed E-state index contributed by atoms with van der Waals surface area (Å²) in [5, 5.41) is 4.43. The molecule has 1 aromatic rings. The molecule has 0 saturated carbocycles. The first kappa shape index (κ1) is 8.89. The van der Waals surface area contributed by atoms with Crippen molar-refractivity contribution in [1.82, 2.24) is 0 Å². The van der Waals surface area contributed by atoms with Crippen molar-refractivity contribution in [3.05, 3.63) is 24.3 Å². The third kappa shape index (κ3) is 2.44. The molecule has 0 bridgehead atoms. The topological polar surface area (TPSA) is 78.3 Å². The molecule has 0 radical (unpaired) electrons. The first-order valence-electron chi connectivity index (χ1n) is 3.16. The van der Waals surface area contributed by atoms with E-state index in [0.29, 0.717) is 23.4 Å². The van der Waals surface area contributed by atoms with Crippen LogP contribution in [-0.4, -0.2) is 5.30 Å². The minimum atomic E-state index is -0.542. The molecule has 0 spiro atoms. The van der Waals surface area contributed by atoms with E-state index in [-0.39, 0.29) is 0 Å². The first-order valence-corrected chi connectivity index (χ1v) is 4.04. The molecule has 0 aliphatic heterocycles. The highest BCUT2D eigenvalue weighted by Crippen LogP contribution is 2.14. The number of nitrogens with two attached hydrogens (primary N) is 2. The number of hydrogen-bond donors (Lipinski definition) is 2. The molecule has 0 saturated heterocycles. The number of ether oxygens (including phenoxy) is 1. The highest BCUT2D eigenvalue weighted by molar-refractivity contribution is 8.11. The van der Waals surface area contributed by atoms with Crippen molar-refractivity contribution in [1.29, 1.82) is 0 Å². The number of carbonyl (C=O) groups excluding carboxylic acids is 1. The maximum atomic E-state index is 10.7. The van der Waals surface area contributed by atoms with Crippen LogP contribution in [0.25, 0.3) is 0 Å². The van der Waals surface area contributed by atoms with Gasteiger partial charge < -0.3 is 10.5 Å². The Morgan fingerprint density at radius 3 is 2.42 bits per heavy atom. The van der Waals surface area contributed by atoms with E-state index in [2.05, 4.69) is 0 Å². The second-order valence-corrected chi connectivity index (χ2v) is 2.61. The van der Waals surface area contributed by atoms with Crippen LogP contribution >= 0.6 is 11.9 Å². The van der Waals surface area contributed by atoms with E-state index in [1.165, 1.54) is 0 Å². The van der Waals surface area contributed by atoms with E-state index >= 15 is 0 Å². The van der Waals surface area contributed by atoms with E-state index in [1.54, 1.807) is 24.3 Å². The summed E-state index contributed by atoms with van der Waals surface area (Å²) in [7, 11) is 0. The van der Waals surface area contributed by atoms with Crippen LogP contribution in [-0.2, 0) is 0 Å². The number of carbonyl (C=O) groups is 1. The standard InChI is InChI=1S/C7H8N2O2S/c8-5-1-3-6(4-2-5)11-7(10)12-9/h1-4H,8-9H2. The Morgan fingerprint density at radius 2 is 1.92 bits per heavy atom. The zero-order valence-corrected chi connectivity index (χ0v) is 7.01. The average molecular weight is 184 g/mol. The lowest BCUT2D eigenvalue weighted by Gasteiger charge is -2.00. The van der Waals surface area contributed by atoms with Crippen LogP contribution in [0.3, 0.4) is 0 Å². The molecule has 0 aliphatic rings. The number of hydrogen-bond acceptors (Lipinski definition) is 5. The predicted octanol–water partition coefficient (Wildman–Crippen LogP) is 1.37. The van der Waals surface area contributed by atoms with Gasteiger partial charge in [-0.25, -0.2) is 4.79 Å². The van der Waals surface area contributed by atoms with Crippen LogP contribution in [0.4, 0.5) is 10.5 Å². The molecule has 0 fully saturated rings. The van der Waals surface area contributed by atoms with Gasteiger partial charge >= 0.3 is 5.30 Å². The van der Waals surface area contributed by atoms with Crippen molar-refractivity contribution in [3.63, 3.8) is 0 Å². The van der Waals surface area contributed by atoms with Gasteiger partial charge in [0.1, 0.15) is 5.75 Å². The van der Waals surface area contributed by atoms with E-state index < -0.39 is 5.30 Å². The van der Waals surface area contributed by atoms with Crippen LogP contribution in [0.15, 0.2) is 24.3 Å². The molecule has 1 aromatic carbocycles. The van der Waals surface area contributed by atoms with Crippen LogP contribution in [0, 0.1) is 0 Å². The summed E-state index contributed by atoms with van der Waals surface area (Å²) in [6.07, 6.45) is 0. The van der Waals surface area contributed by atoms with Crippen LogP contribution < -0.4 is 15.6 Å². The quantitative estimate of drug-likeness (QED) is 0.391. The lowest BCUT2D eigenvalue weighted by molar-refractivity contribution is 0.227. The van der Waals surface area contributed by atoms with E-state index in [4.69, 9.17) is 15.6 Å². The van der Waals surface area contributed by atoms with Gasteiger partial charge in [-0.1, -0.05) is 0 Å². The van der Waals surface area contributed by atoms with Crippen LogP contribution in [0.5, 0.6) is 5.75 Å². The maximum absolute atomic E-state index is 10.7. The highest BCUT2D eigenvalue weighted by atomic mass is 32.2. The first-order chi connectivity index (χ1) is 5.72. The summed E-state index contributed by atoms with van der Waals surface area (Å²) >= 11 is 0.531. The number of rotatable bonds is 1. The SMILES string of the molecule is NSC(=O)Oc1ccc(N)cc1. The summed E-state index contributed by atoms with van der Waals surface area (Å²) in [5.41, 5.74) is 6.04. The van der Waals surface area contributed by atoms with Crippen molar-refractivity contribution in [2.75, 3.05) is 5.73 Å². The molecule has 0 aliphatic carbocycles. The summed E-state index contributed by atoms with van der Waals surface area (Å²) in [4.78, 5) is 10.7.